The molecule has 0 radical (unpaired) electrons. The van der Waals surface area contributed by atoms with E-state index in [1.165, 1.54) is 26.3 Å². The van der Waals surface area contributed by atoms with Gasteiger partial charge >= 0.3 is 0 Å². The first kappa shape index (κ1) is 17.0. The van der Waals surface area contributed by atoms with Crippen molar-refractivity contribution in [3.8, 4) is 0 Å². The summed E-state index contributed by atoms with van der Waals surface area (Å²) in [6.07, 6.45) is 3.47. The molecule has 0 saturated heterocycles. The number of hydrogen-bond donors (Lipinski definition) is 1. The van der Waals surface area contributed by atoms with Crippen LogP contribution in [0.15, 0.2) is 0 Å². The molecular formula is C13H29NO. The predicted molar refractivity (Wildman–Crippen MR) is 68.1 cm³/mol. The minimum absolute atomic E-state index is 0.750. The van der Waals surface area contributed by atoms with Crippen molar-refractivity contribution in [3.63, 3.8) is 0 Å². The van der Waals surface area contributed by atoms with Crippen LogP contribution in [-0.2, 0) is 4.79 Å². The quantitative estimate of drug-likeness (QED) is 0.690. The first-order valence-electron chi connectivity index (χ1n) is 6.02. The van der Waals surface area contributed by atoms with Gasteiger partial charge in [-0.05, 0) is 51.1 Å². The van der Waals surface area contributed by atoms with E-state index < -0.39 is 0 Å². The Morgan fingerprint density at radius 3 is 1.60 bits per heavy atom. The van der Waals surface area contributed by atoms with Crippen LogP contribution >= 0.6 is 0 Å². The fourth-order valence-electron chi connectivity index (χ4n) is 1.88. The molecule has 0 fully saturated rings. The lowest BCUT2D eigenvalue weighted by Crippen LogP contribution is -2.21. The number of nitrogens with one attached hydrogen (secondary N) is 1. The zero-order chi connectivity index (χ0) is 12.3. The standard InChI is InChI=1S/C11H25N.C2H4O/c1-9(2)6-11(8-12-5)7-10(3)4;1-2-3/h9-12H,6-8H2,1-5H3;2H,1H3. The summed E-state index contributed by atoms with van der Waals surface area (Å²) < 4.78 is 0. The minimum Gasteiger partial charge on any atom is -0.319 e. The maximum atomic E-state index is 8.81. The van der Waals surface area contributed by atoms with Gasteiger partial charge in [0.05, 0.1) is 0 Å². The van der Waals surface area contributed by atoms with Crippen LogP contribution in [0.4, 0.5) is 0 Å². The lowest BCUT2D eigenvalue weighted by atomic mass is 9.89. The average molecular weight is 215 g/mol. The predicted octanol–water partition coefficient (Wildman–Crippen LogP) is 3.12. The van der Waals surface area contributed by atoms with Gasteiger partial charge in [0, 0.05) is 0 Å². The summed E-state index contributed by atoms with van der Waals surface area (Å²) in [4.78, 5) is 8.81. The summed E-state index contributed by atoms with van der Waals surface area (Å²) in [5.74, 6) is 2.54. The SMILES string of the molecule is CC=O.CNCC(CC(C)C)CC(C)C. The molecule has 0 atom stereocenters. The second-order valence-corrected chi connectivity index (χ2v) is 4.92. The second kappa shape index (κ2) is 11.7. The van der Waals surface area contributed by atoms with Gasteiger partial charge in [-0.1, -0.05) is 27.7 Å². The smallest absolute Gasteiger partial charge is 0.116 e. The lowest BCUT2D eigenvalue weighted by molar-refractivity contribution is -0.106. The molecule has 15 heavy (non-hydrogen) atoms. The molecule has 0 aliphatic rings. The maximum absolute atomic E-state index is 8.81. The summed E-state index contributed by atoms with van der Waals surface area (Å²) in [7, 11) is 2.05. The van der Waals surface area contributed by atoms with E-state index in [1.54, 1.807) is 0 Å². The van der Waals surface area contributed by atoms with Gasteiger partial charge in [0.25, 0.3) is 0 Å². The zero-order valence-electron chi connectivity index (χ0n) is 11.3. The van der Waals surface area contributed by atoms with Crippen molar-refractivity contribution in [2.75, 3.05) is 13.6 Å². The van der Waals surface area contributed by atoms with Crippen molar-refractivity contribution >= 4 is 6.29 Å². The van der Waals surface area contributed by atoms with Crippen molar-refractivity contribution in [2.45, 2.75) is 47.5 Å². The van der Waals surface area contributed by atoms with Crippen LogP contribution in [0.25, 0.3) is 0 Å². The molecule has 0 bridgehead atoms. The molecule has 0 aliphatic heterocycles. The molecular weight excluding hydrogens is 186 g/mol. The highest BCUT2D eigenvalue weighted by Gasteiger charge is 2.11. The van der Waals surface area contributed by atoms with Gasteiger partial charge in [-0.3, -0.25) is 0 Å². The van der Waals surface area contributed by atoms with Gasteiger partial charge in [0.2, 0.25) is 0 Å². The van der Waals surface area contributed by atoms with Crippen LogP contribution in [0.5, 0.6) is 0 Å². The van der Waals surface area contributed by atoms with Crippen LogP contribution in [0.2, 0.25) is 0 Å². The van der Waals surface area contributed by atoms with E-state index in [9.17, 15) is 0 Å². The fourth-order valence-corrected chi connectivity index (χ4v) is 1.88. The van der Waals surface area contributed by atoms with Crippen LogP contribution in [0.1, 0.15) is 47.5 Å². The molecule has 0 rings (SSSR count). The van der Waals surface area contributed by atoms with E-state index in [4.69, 9.17) is 4.79 Å². The first-order chi connectivity index (χ1) is 6.97. The summed E-state index contributed by atoms with van der Waals surface area (Å²) in [6, 6.07) is 0. The van der Waals surface area contributed by atoms with Gasteiger partial charge in [0.1, 0.15) is 6.29 Å². The minimum atomic E-state index is 0.750. The third kappa shape index (κ3) is 16.3. The molecule has 0 saturated carbocycles. The number of aldehydes is 1. The molecule has 0 aliphatic carbocycles. The number of carbonyl (C=O) groups is 1. The number of hydrogen-bond acceptors (Lipinski definition) is 2. The van der Waals surface area contributed by atoms with Crippen LogP contribution in [0, 0.1) is 17.8 Å². The highest BCUT2D eigenvalue weighted by molar-refractivity contribution is 5.44. The lowest BCUT2D eigenvalue weighted by Gasteiger charge is -2.20. The summed E-state index contributed by atoms with van der Waals surface area (Å²) in [5, 5.41) is 3.28. The summed E-state index contributed by atoms with van der Waals surface area (Å²) in [6.45, 7) is 11.9. The van der Waals surface area contributed by atoms with Crippen molar-refractivity contribution in [1.29, 1.82) is 0 Å². The Kier molecular flexibility index (Phi) is 13.3. The topological polar surface area (TPSA) is 29.1 Å². The fraction of sp³-hybridized carbons (Fsp3) is 0.923. The van der Waals surface area contributed by atoms with Crippen molar-refractivity contribution in [2.24, 2.45) is 17.8 Å². The van der Waals surface area contributed by atoms with E-state index >= 15 is 0 Å². The molecule has 2 nitrogen and oxygen atoms in total. The molecule has 0 aromatic rings. The van der Waals surface area contributed by atoms with E-state index in [0.29, 0.717) is 0 Å². The van der Waals surface area contributed by atoms with Gasteiger partial charge < -0.3 is 10.1 Å². The molecule has 0 unspecified atom stereocenters. The molecule has 0 amide bonds. The molecule has 1 N–H and O–H groups in total. The average Bonchev–Trinajstić information content (AvgIpc) is 2.02. The Hall–Kier alpha value is -0.370. The largest absolute Gasteiger partial charge is 0.319 e. The Morgan fingerprint density at radius 2 is 1.40 bits per heavy atom. The molecule has 2 heteroatoms. The number of carbonyl (C=O) groups excluding carboxylic acids is 1. The first-order valence-corrected chi connectivity index (χ1v) is 6.02. The summed E-state index contributed by atoms with van der Waals surface area (Å²) in [5.41, 5.74) is 0. The monoisotopic (exact) mass is 215 g/mol. The van der Waals surface area contributed by atoms with E-state index in [1.807, 2.05) is 7.05 Å². The van der Waals surface area contributed by atoms with Gasteiger partial charge in [-0.2, -0.15) is 0 Å². The van der Waals surface area contributed by atoms with Gasteiger partial charge in [-0.15, -0.1) is 0 Å². The van der Waals surface area contributed by atoms with Gasteiger partial charge in [-0.25, -0.2) is 0 Å². The van der Waals surface area contributed by atoms with E-state index in [-0.39, 0.29) is 0 Å². The van der Waals surface area contributed by atoms with Crippen LogP contribution in [-0.4, -0.2) is 19.9 Å². The molecule has 0 spiro atoms. The third-order valence-electron chi connectivity index (χ3n) is 2.10. The molecule has 0 aromatic carbocycles. The summed E-state index contributed by atoms with van der Waals surface area (Å²) >= 11 is 0. The highest BCUT2D eigenvalue weighted by atomic mass is 16.1. The Balaban J connectivity index is 0. The highest BCUT2D eigenvalue weighted by Crippen LogP contribution is 2.18. The second-order valence-electron chi connectivity index (χ2n) is 4.92. The molecule has 0 aromatic heterocycles. The molecule has 0 heterocycles. The van der Waals surface area contributed by atoms with Crippen molar-refractivity contribution in [1.82, 2.24) is 5.32 Å². The van der Waals surface area contributed by atoms with Crippen molar-refractivity contribution in [3.05, 3.63) is 0 Å². The Morgan fingerprint density at radius 1 is 1.07 bits per heavy atom. The number of rotatable bonds is 6. The molecule has 92 valence electrons. The Bertz CT molecular complexity index is 122. The third-order valence-corrected chi connectivity index (χ3v) is 2.10. The van der Waals surface area contributed by atoms with E-state index in [2.05, 4.69) is 33.0 Å². The Labute approximate surface area is 95.8 Å². The van der Waals surface area contributed by atoms with Crippen LogP contribution in [0.3, 0.4) is 0 Å². The van der Waals surface area contributed by atoms with Gasteiger partial charge in [0.15, 0.2) is 0 Å². The normalized spacial score (nSPS) is 10.5. The maximum Gasteiger partial charge on any atom is 0.116 e. The van der Waals surface area contributed by atoms with E-state index in [0.717, 1.165) is 24.0 Å². The van der Waals surface area contributed by atoms with Crippen LogP contribution < -0.4 is 5.32 Å². The zero-order valence-corrected chi connectivity index (χ0v) is 11.3. The van der Waals surface area contributed by atoms with Crippen molar-refractivity contribution < 1.29 is 4.79 Å².